The molecule has 1 aromatic carbocycles. The molecule has 1 saturated heterocycles. The van der Waals surface area contributed by atoms with Gasteiger partial charge in [-0.15, -0.1) is 0 Å². The van der Waals surface area contributed by atoms with E-state index in [0.29, 0.717) is 23.6 Å². The molecule has 20 heavy (non-hydrogen) atoms. The maximum absolute atomic E-state index is 12.0. The summed E-state index contributed by atoms with van der Waals surface area (Å²) in [7, 11) is 2.11. The Morgan fingerprint density at radius 2 is 2.00 bits per heavy atom. The van der Waals surface area contributed by atoms with Crippen LogP contribution in [0.1, 0.15) is 36.5 Å². The Hall–Kier alpha value is -1.68. The van der Waals surface area contributed by atoms with Crippen LogP contribution in [0.15, 0.2) is 24.3 Å². The highest BCUT2D eigenvalue weighted by atomic mass is 16.1. The monoisotopic (exact) mass is 274 g/mol. The number of hydrogen-bond acceptors (Lipinski definition) is 3. The molecule has 0 atom stereocenters. The molecule has 1 amide bonds. The first kappa shape index (κ1) is 14.7. The van der Waals surface area contributed by atoms with E-state index in [1.54, 1.807) is 18.2 Å². The second-order valence-electron chi connectivity index (χ2n) is 5.64. The predicted octanol–water partition coefficient (Wildman–Crippen LogP) is 2.56. The smallest absolute Gasteiger partial charge is 0.224 e. The van der Waals surface area contributed by atoms with E-state index in [1.807, 2.05) is 6.07 Å². The molecule has 4 heteroatoms. The third kappa shape index (κ3) is 4.17. The number of hydrogen-bond donors (Lipinski definition) is 1. The highest BCUT2D eigenvalue weighted by Gasteiger charge is 2.19. The maximum atomic E-state index is 12.0. The zero-order valence-electron chi connectivity index (χ0n) is 12.2. The first-order chi connectivity index (χ1) is 9.54. The van der Waals surface area contributed by atoms with Gasteiger partial charge >= 0.3 is 0 Å². The van der Waals surface area contributed by atoms with Crippen molar-refractivity contribution in [3.05, 3.63) is 29.8 Å². The number of rotatable bonds is 4. The van der Waals surface area contributed by atoms with Crippen molar-refractivity contribution < 1.29 is 9.59 Å². The van der Waals surface area contributed by atoms with Crippen molar-refractivity contribution in [2.24, 2.45) is 5.92 Å². The predicted molar refractivity (Wildman–Crippen MR) is 79.9 cm³/mol. The van der Waals surface area contributed by atoms with Crippen molar-refractivity contribution in [2.45, 2.75) is 26.2 Å². The molecule has 0 saturated carbocycles. The van der Waals surface area contributed by atoms with Crippen LogP contribution in [-0.2, 0) is 4.79 Å². The van der Waals surface area contributed by atoms with Gasteiger partial charge in [-0.3, -0.25) is 9.59 Å². The van der Waals surface area contributed by atoms with Crippen molar-refractivity contribution in [1.82, 2.24) is 4.90 Å². The van der Waals surface area contributed by atoms with E-state index in [4.69, 9.17) is 0 Å². The van der Waals surface area contributed by atoms with Crippen LogP contribution >= 0.6 is 0 Å². The van der Waals surface area contributed by atoms with Crippen LogP contribution in [0.4, 0.5) is 5.69 Å². The molecule has 1 aliphatic heterocycles. The van der Waals surface area contributed by atoms with Gasteiger partial charge in [-0.05, 0) is 58.0 Å². The van der Waals surface area contributed by atoms with Gasteiger partial charge in [-0.2, -0.15) is 0 Å². The molecule has 0 aromatic heterocycles. The largest absolute Gasteiger partial charge is 0.326 e. The molecule has 2 rings (SSSR count). The van der Waals surface area contributed by atoms with Crippen molar-refractivity contribution >= 4 is 17.4 Å². The average molecular weight is 274 g/mol. The van der Waals surface area contributed by atoms with Gasteiger partial charge in [0.2, 0.25) is 5.91 Å². The van der Waals surface area contributed by atoms with E-state index in [2.05, 4.69) is 17.3 Å². The van der Waals surface area contributed by atoms with Crippen molar-refractivity contribution in [1.29, 1.82) is 0 Å². The van der Waals surface area contributed by atoms with Crippen molar-refractivity contribution in [2.75, 3.05) is 25.5 Å². The summed E-state index contributed by atoms with van der Waals surface area (Å²) < 4.78 is 0. The molecule has 1 fully saturated rings. The Bertz CT molecular complexity index is 491. The van der Waals surface area contributed by atoms with E-state index >= 15 is 0 Å². The molecule has 108 valence electrons. The maximum Gasteiger partial charge on any atom is 0.224 e. The van der Waals surface area contributed by atoms with Crippen molar-refractivity contribution in [3.63, 3.8) is 0 Å². The number of anilines is 1. The molecule has 0 radical (unpaired) electrons. The lowest BCUT2D eigenvalue weighted by atomic mass is 9.93. The number of piperidine rings is 1. The molecule has 0 aliphatic carbocycles. The van der Waals surface area contributed by atoms with Gasteiger partial charge in [0, 0.05) is 17.7 Å². The van der Waals surface area contributed by atoms with Crippen LogP contribution in [0.25, 0.3) is 0 Å². The molecule has 0 spiro atoms. The minimum absolute atomic E-state index is 0.0106. The first-order valence-corrected chi connectivity index (χ1v) is 7.14. The van der Waals surface area contributed by atoms with Crippen LogP contribution in [0.2, 0.25) is 0 Å². The summed E-state index contributed by atoms with van der Waals surface area (Å²) in [6.07, 6.45) is 2.73. The number of likely N-dealkylation sites (tertiary alicyclic amines) is 1. The zero-order valence-corrected chi connectivity index (χ0v) is 12.2. The zero-order chi connectivity index (χ0) is 14.5. The molecule has 1 N–H and O–H groups in total. The van der Waals surface area contributed by atoms with Gasteiger partial charge in [0.25, 0.3) is 0 Å². The Morgan fingerprint density at radius 3 is 2.65 bits per heavy atom. The highest BCUT2D eigenvalue weighted by Crippen LogP contribution is 2.20. The number of nitrogens with zero attached hydrogens (tertiary/aromatic N) is 1. The average Bonchev–Trinajstić information content (AvgIpc) is 2.41. The standard InChI is InChI=1S/C16H22N2O2/c1-12(19)14-4-3-5-15(11-14)17-16(20)10-13-6-8-18(2)9-7-13/h3-5,11,13H,6-10H2,1-2H3,(H,17,20). The molecule has 4 nitrogen and oxygen atoms in total. The summed E-state index contributed by atoms with van der Waals surface area (Å²) >= 11 is 0. The van der Waals surface area contributed by atoms with Crippen LogP contribution < -0.4 is 5.32 Å². The van der Waals surface area contributed by atoms with Gasteiger partial charge < -0.3 is 10.2 Å². The molecule has 0 bridgehead atoms. The number of amides is 1. The van der Waals surface area contributed by atoms with E-state index in [9.17, 15) is 9.59 Å². The second kappa shape index (κ2) is 6.66. The van der Waals surface area contributed by atoms with Crippen LogP contribution in [0, 0.1) is 5.92 Å². The summed E-state index contributed by atoms with van der Waals surface area (Å²) in [4.78, 5) is 25.6. The summed E-state index contributed by atoms with van der Waals surface area (Å²) in [5, 5.41) is 2.89. The fourth-order valence-electron chi connectivity index (χ4n) is 2.56. The summed E-state index contributed by atoms with van der Waals surface area (Å²) in [5.74, 6) is 0.527. The number of nitrogens with one attached hydrogen (secondary N) is 1. The molecular formula is C16H22N2O2. The van der Waals surface area contributed by atoms with Gasteiger partial charge in [-0.1, -0.05) is 12.1 Å². The third-order valence-corrected chi connectivity index (χ3v) is 3.87. The third-order valence-electron chi connectivity index (χ3n) is 3.87. The molecule has 0 unspecified atom stereocenters. The van der Waals surface area contributed by atoms with Crippen LogP contribution in [0.5, 0.6) is 0 Å². The van der Waals surface area contributed by atoms with Crippen LogP contribution in [0.3, 0.4) is 0 Å². The summed E-state index contributed by atoms with van der Waals surface area (Å²) in [6.45, 7) is 3.66. The number of carbonyl (C=O) groups is 2. The summed E-state index contributed by atoms with van der Waals surface area (Å²) in [6, 6.07) is 7.10. The van der Waals surface area contributed by atoms with Gasteiger partial charge in [0.1, 0.15) is 0 Å². The fraction of sp³-hybridized carbons (Fsp3) is 0.500. The minimum atomic E-state index is 0.0106. The lowest BCUT2D eigenvalue weighted by Gasteiger charge is -2.28. The number of ketones is 1. The number of carbonyl (C=O) groups excluding carboxylic acids is 2. The Labute approximate surface area is 120 Å². The molecular weight excluding hydrogens is 252 g/mol. The minimum Gasteiger partial charge on any atom is -0.326 e. The van der Waals surface area contributed by atoms with E-state index in [0.717, 1.165) is 25.9 Å². The normalized spacial score (nSPS) is 16.9. The molecule has 1 aliphatic rings. The first-order valence-electron chi connectivity index (χ1n) is 7.14. The Morgan fingerprint density at radius 1 is 1.30 bits per heavy atom. The molecule has 1 heterocycles. The number of benzene rings is 1. The van der Waals surface area contributed by atoms with Gasteiger partial charge in [0.05, 0.1) is 0 Å². The van der Waals surface area contributed by atoms with E-state index in [-0.39, 0.29) is 11.7 Å². The summed E-state index contributed by atoms with van der Waals surface area (Å²) in [5.41, 5.74) is 1.33. The van der Waals surface area contributed by atoms with E-state index in [1.165, 1.54) is 6.92 Å². The number of Topliss-reactive ketones (excluding diaryl/α,β-unsaturated/α-hetero) is 1. The van der Waals surface area contributed by atoms with Crippen molar-refractivity contribution in [3.8, 4) is 0 Å². The lowest BCUT2D eigenvalue weighted by molar-refractivity contribution is -0.117. The Balaban J connectivity index is 1.88. The van der Waals surface area contributed by atoms with Gasteiger partial charge in [-0.25, -0.2) is 0 Å². The fourth-order valence-corrected chi connectivity index (χ4v) is 2.56. The molecule has 1 aromatic rings. The lowest BCUT2D eigenvalue weighted by Crippen LogP contribution is -2.31. The van der Waals surface area contributed by atoms with Crippen LogP contribution in [-0.4, -0.2) is 36.7 Å². The quantitative estimate of drug-likeness (QED) is 0.858. The highest BCUT2D eigenvalue weighted by molar-refractivity contribution is 5.97. The SMILES string of the molecule is CC(=O)c1cccc(NC(=O)CC2CCN(C)CC2)c1. The van der Waals surface area contributed by atoms with Gasteiger partial charge in [0.15, 0.2) is 5.78 Å². The van der Waals surface area contributed by atoms with E-state index < -0.39 is 0 Å². The second-order valence-corrected chi connectivity index (χ2v) is 5.64. The topological polar surface area (TPSA) is 49.4 Å². The Kier molecular flexibility index (Phi) is 4.90.